The van der Waals surface area contributed by atoms with Gasteiger partial charge >= 0.3 is 0 Å². The van der Waals surface area contributed by atoms with E-state index < -0.39 is 0 Å². The van der Waals surface area contributed by atoms with Crippen molar-refractivity contribution in [3.05, 3.63) is 17.0 Å². The minimum absolute atomic E-state index is 0.0954. The Balaban J connectivity index is 1.33. The van der Waals surface area contributed by atoms with Crippen molar-refractivity contribution in [1.29, 1.82) is 0 Å². The van der Waals surface area contributed by atoms with Gasteiger partial charge in [-0.25, -0.2) is 0 Å². The summed E-state index contributed by atoms with van der Waals surface area (Å²) in [7, 11) is 0. The Morgan fingerprint density at radius 1 is 1.04 bits per heavy atom. The second-order valence-electron chi connectivity index (χ2n) is 8.70. The molecule has 1 aromatic heterocycles. The van der Waals surface area contributed by atoms with E-state index >= 15 is 0 Å². The number of aryl methyl sites for hydroxylation is 1. The summed E-state index contributed by atoms with van der Waals surface area (Å²) in [5, 5.41) is 4.19. The first kappa shape index (κ1) is 15.9. The zero-order valence-corrected chi connectivity index (χ0v) is 15.1. The molecule has 0 N–H and O–H groups in total. The molecule has 6 rings (SSSR count). The molecule has 2 atom stereocenters. The maximum Gasteiger partial charge on any atom is 0.292 e. The van der Waals surface area contributed by atoms with Crippen LogP contribution in [-0.4, -0.2) is 53.1 Å². The Labute approximate surface area is 149 Å². The molecular weight excluding hydrogens is 314 g/mol. The fourth-order valence-corrected chi connectivity index (χ4v) is 5.28. The van der Waals surface area contributed by atoms with Gasteiger partial charge in [0.15, 0.2) is 0 Å². The molecular formula is C20H29N3O2. The molecule has 5 heteroatoms. The van der Waals surface area contributed by atoms with Gasteiger partial charge in [-0.15, -0.1) is 0 Å². The highest BCUT2D eigenvalue weighted by Crippen LogP contribution is 2.34. The summed E-state index contributed by atoms with van der Waals surface area (Å²) in [6.45, 7) is 4.20. The number of rotatable bonds is 3. The van der Waals surface area contributed by atoms with Gasteiger partial charge in [0, 0.05) is 37.8 Å². The molecule has 5 aliphatic rings. The topological polar surface area (TPSA) is 49.6 Å². The standard InChI is InChI=1S/C20H29N3O2/c24-20(19-17-6-1-2-7-18(17)21-25-19)23-12-15-8-9-16(13-23)22(11-15)10-14-4-3-5-14/h14-16H,1-13H2/t15-,16-/m1/s1. The molecule has 0 unspecified atom stereocenters. The van der Waals surface area contributed by atoms with E-state index in [1.165, 1.54) is 45.2 Å². The van der Waals surface area contributed by atoms with Crippen molar-refractivity contribution in [2.45, 2.75) is 63.8 Å². The van der Waals surface area contributed by atoms with E-state index in [9.17, 15) is 4.79 Å². The van der Waals surface area contributed by atoms with Crippen LogP contribution in [0.4, 0.5) is 0 Å². The van der Waals surface area contributed by atoms with Crippen LogP contribution in [0.5, 0.6) is 0 Å². The summed E-state index contributed by atoms with van der Waals surface area (Å²) in [5.74, 6) is 2.17. The second kappa shape index (κ2) is 6.42. The zero-order chi connectivity index (χ0) is 16.8. The van der Waals surface area contributed by atoms with Gasteiger partial charge in [0.05, 0.1) is 5.69 Å². The summed E-state index contributed by atoms with van der Waals surface area (Å²) in [6, 6.07) is 0.544. The molecule has 3 aliphatic heterocycles. The van der Waals surface area contributed by atoms with Crippen LogP contribution in [0.25, 0.3) is 0 Å². The normalized spacial score (nSPS) is 30.0. The summed E-state index contributed by atoms with van der Waals surface area (Å²) < 4.78 is 5.53. The maximum absolute atomic E-state index is 13.2. The van der Waals surface area contributed by atoms with Crippen molar-refractivity contribution in [3.63, 3.8) is 0 Å². The van der Waals surface area contributed by atoms with Gasteiger partial charge in [0.1, 0.15) is 0 Å². The summed E-state index contributed by atoms with van der Waals surface area (Å²) in [6.07, 6.45) is 11.0. The lowest BCUT2D eigenvalue weighted by molar-refractivity contribution is 0.0678. The quantitative estimate of drug-likeness (QED) is 0.847. The van der Waals surface area contributed by atoms with Crippen molar-refractivity contribution in [3.8, 4) is 0 Å². The smallest absolute Gasteiger partial charge is 0.292 e. The molecule has 2 aliphatic carbocycles. The molecule has 2 bridgehead atoms. The van der Waals surface area contributed by atoms with Crippen molar-refractivity contribution < 1.29 is 9.32 Å². The van der Waals surface area contributed by atoms with E-state index in [0.29, 0.717) is 17.7 Å². The predicted molar refractivity (Wildman–Crippen MR) is 94.5 cm³/mol. The molecule has 5 nitrogen and oxygen atoms in total. The van der Waals surface area contributed by atoms with Crippen LogP contribution in [0.15, 0.2) is 4.52 Å². The third kappa shape index (κ3) is 2.90. The highest BCUT2D eigenvalue weighted by molar-refractivity contribution is 5.93. The number of carbonyl (C=O) groups is 1. The lowest BCUT2D eigenvalue weighted by Crippen LogP contribution is -2.47. The lowest BCUT2D eigenvalue weighted by Gasteiger charge is -2.40. The van der Waals surface area contributed by atoms with Gasteiger partial charge < -0.3 is 9.42 Å². The van der Waals surface area contributed by atoms with Crippen LogP contribution < -0.4 is 0 Å². The van der Waals surface area contributed by atoms with Crippen LogP contribution in [0.1, 0.15) is 66.8 Å². The Bertz CT molecular complexity index is 651. The minimum Gasteiger partial charge on any atom is -0.350 e. The van der Waals surface area contributed by atoms with Crippen LogP contribution in [0, 0.1) is 11.8 Å². The molecule has 25 heavy (non-hydrogen) atoms. The number of carbonyl (C=O) groups excluding carboxylic acids is 1. The van der Waals surface area contributed by atoms with Gasteiger partial charge in [-0.2, -0.15) is 0 Å². The molecule has 136 valence electrons. The number of amides is 1. The monoisotopic (exact) mass is 343 g/mol. The van der Waals surface area contributed by atoms with Gasteiger partial charge in [-0.05, 0) is 63.2 Å². The fourth-order valence-electron chi connectivity index (χ4n) is 5.28. The van der Waals surface area contributed by atoms with E-state index in [1.54, 1.807) is 0 Å². The lowest BCUT2D eigenvalue weighted by atomic mass is 9.83. The number of aromatic nitrogens is 1. The number of fused-ring (bicyclic) bond motifs is 5. The van der Waals surface area contributed by atoms with E-state index in [2.05, 4.69) is 15.0 Å². The molecule has 1 amide bonds. The number of hydrogen-bond donors (Lipinski definition) is 0. The third-order valence-corrected chi connectivity index (χ3v) is 6.99. The molecule has 1 aromatic rings. The van der Waals surface area contributed by atoms with E-state index in [-0.39, 0.29) is 5.91 Å². The maximum atomic E-state index is 13.2. The number of hydrogen-bond acceptors (Lipinski definition) is 4. The van der Waals surface area contributed by atoms with Crippen molar-refractivity contribution in [2.24, 2.45) is 11.8 Å². The van der Waals surface area contributed by atoms with Gasteiger partial charge in [-0.3, -0.25) is 9.69 Å². The minimum atomic E-state index is 0.0954. The van der Waals surface area contributed by atoms with Gasteiger partial charge in [0.25, 0.3) is 5.91 Å². The highest BCUT2D eigenvalue weighted by atomic mass is 16.5. The first-order valence-electron chi connectivity index (χ1n) is 10.3. The Kier molecular flexibility index (Phi) is 4.07. The first-order chi connectivity index (χ1) is 12.3. The average Bonchev–Trinajstić information content (AvgIpc) is 2.81. The van der Waals surface area contributed by atoms with Crippen LogP contribution in [-0.2, 0) is 12.8 Å². The van der Waals surface area contributed by atoms with Crippen molar-refractivity contribution in [2.75, 3.05) is 26.2 Å². The Morgan fingerprint density at radius 2 is 1.92 bits per heavy atom. The van der Waals surface area contributed by atoms with E-state index in [0.717, 1.165) is 55.9 Å². The van der Waals surface area contributed by atoms with Crippen molar-refractivity contribution >= 4 is 5.91 Å². The van der Waals surface area contributed by atoms with Crippen LogP contribution in [0.2, 0.25) is 0 Å². The first-order valence-corrected chi connectivity index (χ1v) is 10.3. The molecule has 4 heterocycles. The molecule has 1 saturated carbocycles. The zero-order valence-electron chi connectivity index (χ0n) is 15.1. The average molecular weight is 343 g/mol. The van der Waals surface area contributed by atoms with E-state index in [1.807, 2.05) is 0 Å². The van der Waals surface area contributed by atoms with E-state index in [4.69, 9.17) is 4.52 Å². The van der Waals surface area contributed by atoms with Crippen LogP contribution >= 0.6 is 0 Å². The second-order valence-corrected chi connectivity index (χ2v) is 8.70. The summed E-state index contributed by atoms with van der Waals surface area (Å²) >= 11 is 0. The molecule has 0 aromatic carbocycles. The molecule has 0 radical (unpaired) electrons. The number of nitrogens with zero attached hydrogens (tertiary/aromatic N) is 3. The third-order valence-electron chi connectivity index (χ3n) is 6.99. The molecule has 0 spiro atoms. The molecule has 4 fully saturated rings. The van der Waals surface area contributed by atoms with Crippen LogP contribution in [0.3, 0.4) is 0 Å². The Morgan fingerprint density at radius 3 is 2.76 bits per heavy atom. The summed E-state index contributed by atoms with van der Waals surface area (Å²) in [5.41, 5.74) is 2.12. The SMILES string of the molecule is O=C(c1onc2c1CCCC2)N1C[C@@H]2CC[C@H](C1)N(CC1CCC1)C2. The van der Waals surface area contributed by atoms with Gasteiger partial charge in [-0.1, -0.05) is 11.6 Å². The largest absolute Gasteiger partial charge is 0.350 e. The Hall–Kier alpha value is -1.36. The fraction of sp³-hybridized carbons (Fsp3) is 0.800. The van der Waals surface area contributed by atoms with Crippen molar-refractivity contribution in [1.82, 2.24) is 15.0 Å². The van der Waals surface area contributed by atoms with Gasteiger partial charge in [0.2, 0.25) is 5.76 Å². The molecule has 3 saturated heterocycles. The summed E-state index contributed by atoms with van der Waals surface area (Å²) in [4.78, 5) is 18.0. The highest BCUT2D eigenvalue weighted by Gasteiger charge is 2.39. The predicted octanol–water partition coefficient (Wildman–Crippen LogP) is 2.89. The number of piperidine rings is 1.